The molecule has 1 aromatic heterocycles. The van der Waals surface area contributed by atoms with Gasteiger partial charge in [-0.1, -0.05) is 24.3 Å². The first kappa shape index (κ1) is 13.1. The third kappa shape index (κ3) is 2.94. The number of benzene rings is 1. The number of carbonyl (C=O) groups is 1. The van der Waals surface area contributed by atoms with Crippen LogP contribution in [0.4, 0.5) is 0 Å². The second-order valence-electron chi connectivity index (χ2n) is 4.11. The fourth-order valence-corrected chi connectivity index (χ4v) is 2.05. The van der Waals surface area contributed by atoms with Gasteiger partial charge in [-0.2, -0.15) is 0 Å². The lowest BCUT2D eigenvalue weighted by molar-refractivity contribution is -0.137. The zero-order chi connectivity index (χ0) is 13.7. The van der Waals surface area contributed by atoms with Crippen molar-refractivity contribution in [1.29, 1.82) is 0 Å². The fourth-order valence-electron chi connectivity index (χ4n) is 2.05. The first-order chi connectivity index (χ1) is 9.26. The van der Waals surface area contributed by atoms with Crippen molar-refractivity contribution in [2.75, 3.05) is 6.61 Å². The summed E-state index contributed by atoms with van der Waals surface area (Å²) in [6.07, 6.45) is 5.08. The van der Waals surface area contributed by atoms with Crippen LogP contribution in [-0.4, -0.2) is 17.1 Å². The van der Waals surface area contributed by atoms with Crippen molar-refractivity contribution in [2.45, 2.75) is 13.5 Å². The van der Waals surface area contributed by atoms with Crippen molar-refractivity contribution in [3.63, 3.8) is 0 Å². The maximum atomic E-state index is 11.4. The van der Waals surface area contributed by atoms with Crippen molar-refractivity contribution in [3.05, 3.63) is 54.8 Å². The highest BCUT2D eigenvalue weighted by atomic mass is 16.5. The number of allylic oxidation sites excluding steroid dienone is 1. The van der Waals surface area contributed by atoms with Gasteiger partial charge in [-0.25, -0.2) is 4.79 Å². The monoisotopic (exact) mass is 255 g/mol. The Hall–Kier alpha value is -2.29. The van der Waals surface area contributed by atoms with E-state index in [4.69, 9.17) is 4.74 Å². The molecule has 0 radical (unpaired) electrons. The maximum absolute atomic E-state index is 11.4. The van der Waals surface area contributed by atoms with Crippen LogP contribution in [0.5, 0.6) is 0 Å². The minimum atomic E-state index is -0.321. The van der Waals surface area contributed by atoms with E-state index in [1.165, 1.54) is 6.08 Å². The molecule has 2 aromatic rings. The molecule has 0 bridgehead atoms. The molecule has 0 aliphatic heterocycles. The molecule has 0 aliphatic carbocycles. The van der Waals surface area contributed by atoms with Crippen molar-refractivity contribution in [2.24, 2.45) is 0 Å². The molecule has 2 rings (SSSR count). The van der Waals surface area contributed by atoms with Crippen LogP contribution < -0.4 is 0 Å². The van der Waals surface area contributed by atoms with Crippen molar-refractivity contribution < 1.29 is 9.53 Å². The molecule has 3 nitrogen and oxygen atoms in total. The normalized spacial score (nSPS) is 11.0. The van der Waals surface area contributed by atoms with Gasteiger partial charge in [0.05, 0.1) is 6.61 Å². The summed E-state index contributed by atoms with van der Waals surface area (Å²) in [6.45, 7) is 6.66. The van der Waals surface area contributed by atoms with Crippen molar-refractivity contribution >= 4 is 22.9 Å². The smallest absolute Gasteiger partial charge is 0.330 e. The van der Waals surface area contributed by atoms with E-state index in [1.54, 1.807) is 13.0 Å². The van der Waals surface area contributed by atoms with E-state index >= 15 is 0 Å². The number of nitrogens with zero attached hydrogens (tertiary/aromatic N) is 1. The molecule has 1 aromatic carbocycles. The summed E-state index contributed by atoms with van der Waals surface area (Å²) in [6, 6.07) is 10.2. The Morgan fingerprint density at radius 1 is 1.42 bits per heavy atom. The van der Waals surface area contributed by atoms with E-state index in [-0.39, 0.29) is 5.97 Å². The van der Waals surface area contributed by atoms with Gasteiger partial charge in [0.25, 0.3) is 0 Å². The molecular weight excluding hydrogens is 238 g/mol. The van der Waals surface area contributed by atoms with Crippen LogP contribution in [0.15, 0.2) is 49.1 Å². The summed E-state index contributed by atoms with van der Waals surface area (Å²) in [7, 11) is 0. The van der Waals surface area contributed by atoms with Crippen LogP contribution in [0.3, 0.4) is 0 Å². The topological polar surface area (TPSA) is 31.2 Å². The summed E-state index contributed by atoms with van der Waals surface area (Å²) >= 11 is 0. The molecule has 3 heteroatoms. The average Bonchev–Trinajstić information content (AvgIpc) is 2.76. The van der Waals surface area contributed by atoms with Gasteiger partial charge in [-0.05, 0) is 25.1 Å². The van der Waals surface area contributed by atoms with Crippen molar-refractivity contribution in [1.82, 2.24) is 4.57 Å². The number of esters is 1. The minimum absolute atomic E-state index is 0.321. The fraction of sp³-hybridized carbons (Fsp3) is 0.188. The Kier molecular flexibility index (Phi) is 4.18. The highest BCUT2D eigenvalue weighted by Gasteiger charge is 2.05. The molecular formula is C16H17NO2. The van der Waals surface area contributed by atoms with E-state index in [9.17, 15) is 4.79 Å². The SMILES string of the molecule is C=CCn1c(C=CC(=O)OCC)cc2ccccc21. The van der Waals surface area contributed by atoms with Crippen LogP contribution in [0.25, 0.3) is 17.0 Å². The summed E-state index contributed by atoms with van der Waals surface area (Å²) in [4.78, 5) is 11.4. The Balaban J connectivity index is 2.38. The number of para-hydroxylation sites is 1. The van der Waals surface area contributed by atoms with Crippen LogP contribution in [-0.2, 0) is 16.1 Å². The van der Waals surface area contributed by atoms with Gasteiger partial charge in [-0.15, -0.1) is 6.58 Å². The molecule has 19 heavy (non-hydrogen) atoms. The summed E-state index contributed by atoms with van der Waals surface area (Å²) in [5, 5.41) is 1.15. The van der Waals surface area contributed by atoms with E-state index in [2.05, 4.69) is 29.3 Å². The largest absolute Gasteiger partial charge is 0.463 e. The molecule has 1 heterocycles. The van der Waals surface area contributed by atoms with Crippen molar-refractivity contribution in [3.8, 4) is 0 Å². The molecule has 0 N–H and O–H groups in total. The average molecular weight is 255 g/mol. The molecule has 0 spiro atoms. The highest BCUT2D eigenvalue weighted by Crippen LogP contribution is 2.20. The first-order valence-electron chi connectivity index (χ1n) is 6.30. The summed E-state index contributed by atoms with van der Waals surface area (Å²) < 4.78 is 6.99. The molecule has 0 atom stereocenters. The van der Waals surface area contributed by atoms with Gasteiger partial charge in [0.15, 0.2) is 0 Å². The van der Waals surface area contributed by atoms with E-state index in [1.807, 2.05) is 18.2 Å². The Morgan fingerprint density at radius 3 is 2.95 bits per heavy atom. The van der Waals surface area contributed by atoms with Gasteiger partial charge in [0, 0.05) is 29.2 Å². The maximum Gasteiger partial charge on any atom is 0.330 e. The van der Waals surface area contributed by atoms with Crippen LogP contribution >= 0.6 is 0 Å². The third-order valence-corrected chi connectivity index (χ3v) is 2.83. The molecule has 0 fully saturated rings. The predicted octanol–water partition coefficient (Wildman–Crippen LogP) is 3.40. The van der Waals surface area contributed by atoms with Gasteiger partial charge >= 0.3 is 5.97 Å². The number of fused-ring (bicyclic) bond motifs is 1. The van der Waals surface area contributed by atoms with Crippen LogP contribution in [0.1, 0.15) is 12.6 Å². The molecule has 0 aliphatic rings. The Bertz CT molecular complexity index is 623. The lowest BCUT2D eigenvalue weighted by Crippen LogP contribution is -2.00. The van der Waals surface area contributed by atoms with Crippen LogP contribution in [0.2, 0.25) is 0 Å². The highest BCUT2D eigenvalue weighted by molar-refractivity contribution is 5.89. The first-order valence-corrected chi connectivity index (χ1v) is 6.30. The Morgan fingerprint density at radius 2 is 2.21 bits per heavy atom. The number of aromatic nitrogens is 1. The molecule has 0 unspecified atom stereocenters. The lowest BCUT2D eigenvalue weighted by atomic mass is 10.2. The predicted molar refractivity (Wildman–Crippen MR) is 77.8 cm³/mol. The zero-order valence-electron chi connectivity index (χ0n) is 11.0. The third-order valence-electron chi connectivity index (χ3n) is 2.83. The summed E-state index contributed by atoms with van der Waals surface area (Å²) in [5.41, 5.74) is 2.10. The zero-order valence-corrected chi connectivity index (χ0v) is 11.0. The van der Waals surface area contributed by atoms with Gasteiger partial charge in [-0.3, -0.25) is 0 Å². The minimum Gasteiger partial charge on any atom is -0.463 e. The molecule has 0 amide bonds. The number of rotatable bonds is 5. The second kappa shape index (κ2) is 6.05. The summed E-state index contributed by atoms with van der Waals surface area (Å²) in [5.74, 6) is -0.321. The van der Waals surface area contributed by atoms with Crippen LogP contribution in [0, 0.1) is 0 Å². The second-order valence-corrected chi connectivity index (χ2v) is 4.11. The molecule has 0 saturated carbocycles. The molecule has 0 saturated heterocycles. The van der Waals surface area contributed by atoms with Gasteiger partial charge in [0.1, 0.15) is 0 Å². The van der Waals surface area contributed by atoms with Gasteiger partial charge in [0.2, 0.25) is 0 Å². The van der Waals surface area contributed by atoms with Gasteiger partial charge < -0.3 is 9.30 Å². The number of hydrogen-bond acceptors (Lipinski definition) is 2. The number of hydrogen-bond donors (Lipinski definition) is 0. The quantitative estimate of drug-likeness (QED) is 0.466. The molecule has 98 valence electrons. The number of carbonyl (C=O) groups excluding carboxylic acids is 1. The lowest BCUT2D eigenvalue weighted by Gasteiger charge is -2.04. The number of ether oxygens (including phenoxy) is 1. The standard InChI is InChI=1S/C16H17NO2/c1-3-11-17-14(9-10-16(18)19-4-2)12-13-7-5-6-8-15(13)17/h3,5-10,12H,1,4,11H2,2H3. The van der Waals surface area contributed by atoms with E-state index in [0.29, 0.717) is 13.2 Å². The van der Waals surface area contributed by atoms with E-state index in [0.717, 1.165) is 16.6 Å². The van der Waals surface area contributed by atoms with E-state index < -0.39 is 0 Å². The Labute approximate surface area is 112 Å².